The summed E-state index contributed by atoms with van der Waals surface area (Å²) in [5.41, 5.74) is 0.996. The molecule has 1 aliphatic heterocycles. The van der Waals surface area contributed by atoms with E-state index in [0.717, 1.165) is 29.9 Å². The van der Waals surface area contributed by atoms with Crippen LogP contribution in [0.3, 0.4) is 0 Å². The average molecular weight is 401 g/mol. The maximum absolute atomic E-state index is 4.79. The smallest absolute Gasteiger partial charge is 0.191 e. The largest absolute Gasteiger partial charge is 0.363 e. The van der Waals surface area contributed by atoms with Gasteiger partial charge < -0.3 is 20.4 Å². The van der Waals surface area contributed by atoms with Crippen molar-refractivity contribution in [3.05, 3.63) is 23.9 Å². The molecule has 1 aliphatic carbocycles. The van der Waals surface area contributed by atoms with E-state index < -0.39 is 0 Å². The zero-order chi connectivity index (χ0) is 20.5. The number of guanidine groups is 1. The molecule has 0 radical (unpaired) electrons. The molecular weight excluding hydrogens is 360 g/mol. The molecule has 0 bridgehead atoms. The Hall–Kier alpha value is -1.82. The van der Waals surface area contributed by atoms with Gasteiger partial charge in [-0.05, 0) is 50.7 Å². The highest BCUT2D eigenvalue weighted by Crippen LogP contribution is 2.25. The summed E-state index contributed by atoms with van der Waals surface area (Å²) in [6, 6.07) is 6.63. The van der Waals surface area contributed by atoms with Crippen LogP contribution in [0.4, 0.5) is 5.82 Å². The topological polar surface area (TPSA) is 55.8 Å². The van der Waals surface area contributed by atoms with Crippen LogP contribution in [0.5, 0.6) is 0 Å². The van der Waals surface area contributed by atoms with E-state index in [0.29, 0.717) is 12.6 Å². The lowest BCUT2D eigenvalue weighted by atomic mass is 9.88. The number of aromatic nitrogens is 1. The fourth-order valence-electron chi connectivity index (χ4n) is 4.47. The van der Waals surface area contributed by atoms with Gasteiger partial charge in [0, 0.05) is 46.3 Å². The summed E-state index contributed by atoms with van der Waals surface area (Å²) in [7, 11) is 4.03. The fourth-order valence-corrected chi connectivity index (χ4v) is 4.47. The van der Waals surface area contributed by atoms with Crippen LogP contribution in [0.1, 0.15) is 57.6 Å². The highest BCUT2D eigenvalue weighted by molar-refractivity contribution is 5.80. The van der Waals surface area contributed by atoms with E-state index in [2.05, 4.69) is 33.5 Å². The van der Waals surface area contributed by atoms with Crippen LogP contribution in [0.2, 0.25) is 0 Å². The number of aliphatic imine (C=N–C) groups is 1. The lowest BCUT2D eigenvalue weighted by molar-refractivity contribution is 0.160. The van der Waals surface area contributed by atoms with Crippen molar-refractivity contribution in [1.82, 2.24) is 20.5 Å². The van der Waals surface area contributed by atoms with Gasteiger partial charge in [-0.15, -0.1) is 0 Å². The molecule has 29 heavy (non-hydrogen) atoms. The summed E-state index contributed by atoms with van der Waals surface area (Å²) >= 11 is 0. The Morgan fingerprint density at radius 1 is 1.14 bits per heavy atom. The zero-order valence-electron chi connectivity index (χ0n) is 18.7. The molecule has 6 nitrogen and oxygen atoms in total. The van der Waals surface area contributed by atoms with Crippen molar-refractivity contribution in [2.45, 2.75) is 64.5 Å². The molecule has 2 heterocycles. The molecule has 6 heteroatoms. The molecule has 162 valence electrons. The molecule has 1 aromatic rings. The second kappa shape index (κ2) is 11.4. The maximum Gasteiger partial charge on any atom is 0.191 e. The molecule has 2 aliphatic rings. The van der Waals surface area contributed by atoms with Gasteiger partial charge in [0.05, 0.1) is 12.2 Å². The standard InChI is InChI=1S/C23H40N6/c1-4-24-23(25-17-21-11-8-12-22(26-21)28(2)3)27-20-13-15-29(16-14-20)18-19-9-6-5-7-10-19/h8,11-12,19-20H,4-7,9-10,13-18H2,1-3H3,(H2,24,25,27). The number of nitrogens with one attached hydrogen (secondary N) is 2. The summed E-state index contributed by atoms with van der Waals surface area (Å²) < 4.78 is 0. The van der Waals surface area contributed by atoms with Crippen molar-refractivity contribution < 1.29 is 0 Å². The monoisotopic (exact) mass is 400 g/mol. The van der Waals surface area contributed by atoms with Gasteiger partial charge in [0.2, 0.25) is 0 Å². The molecule has 0 spiro atoms. The van der Waals surface area contributed by atoms with Crippen molar-refractivity contribution in [2.75, 3.05) is 45.2 Å². The van der Waals surface area contributed by atoms with Gasteiger partial charge in [0.15, 0.2) is 5.96 Å². The highest BCUT2D eigenvalue weighted by atomic mass is 15.2. The van der Waals surface area contributed by atoms with Gasteiger partial charge in [0.25, 0.3) is 0 Å². The number of likely N-dealkylation sites (tertiary alicyclic amines) is 1. The third-order valence-corrected chi connectivity index (χ3v) is 6.16. The van der Waals surface area contributed by atoms with Gasteiger partial charge >= 0.3 is 0 Å². The van der Waals surface area contributed by atoms with Crippen LogP contribution >= 0.6 is 0 Å². The third-order valence-electron chi connectivity index (χ3n) is 6.16. The van der Waals surface area contributed by atoms with E-state index >= 15 is 0 Å². The second-order valence-corrected chi connectivity index (χ2v) is 8.80. The van der Waals surface area contributed by atoms with Crippen LogP contribution in [0.25, 0.3) is 0 Å². The number of pyridine rings is 1. The number of hydrogen-bond donors (Lipinski definition) is 2. The molecule has 2 fully saturated rings. The number of piperidine rings is 1. The number of nitrogens with zero attached hydrogens (tertiary/aromatic N) is 4. The molecular formula is C23H40N6. The molecule has 0 amide bonds. The van der Waals surface area contributed by atoms with E-state index in [1.807, 2.05) is 31.1 Å². The van der Waals surface area contributed by atoms with Gasteiger partial charge in [-0.25, -0.2) is 9.98 Å². The van der Waals surface area contributed by atoms with Gasteiger partial charge in [-0.3, -0.25) is 0 Å². The second-order valence-electron chi connectivity index (χ2n) is 8.80. The lowest BCUT2D eigenvalue weighted by Crippen LogP contribution is -2.49. The summed E-state index contributed by atoms with van der Waals surface area (Å²) in [4.78, 5) is 14.2. The molecule has 0 atom stereocenters. The summed E-state index contributed by atoms with van der Waals surface area (Å²) in [6.07, 6.45) is 9.62. The van der Waals surface area contributed by atoms with Crippen molar-refractivity contribution in [2.24, 2.45) is 10.9 Å². The Labute approximate surface area is 177 Å². The first-order valence-electron chi connectivity index (χ1n) is 11.5. The minimum Gasteiger partial charge on any atom is -0.363 e. The summed E-state index contributed by atoms with van der Waals surface area (Å²) in [5, 5.41) is 7.06. The van der Waals surface area contributed by atoms with Crippen molar-refractivity contribution in [1.29, 1.82) is 0 Å². The zero-order valence-corrected chi connectivity index (χ0v) is 18.7. The van der Waals surface area contributed by atoms with Crippen LogP contribution in [-0.2, 0) is 6.54 Å². The summed E-state index contributed by atoms with van der Waals surface area (Å²) in [6.45, 7) is 7.32. The Balaban J connectivity index is 1.47. The highest BCUT2D eigenvalue weighted by Gasteiger charge is 2.23. The first-order chi connectivity index (χ1) is 14.1. The molecule has 0 unspecified atom stereocenters. The normalized spacial score (nSPS) is 19.9. The van der Waals surface area contributed by atoms with Crippen LogP contribution < -0.4 is 15.5 Å². The van der Waals surface area contributed by atoms with Gasteiger partial charge in [-0.1, -0.05) is 25.3 Å². The molecule has 2 N–H and O–H groups in total. The SMILES string of the molecule is CCNC(=NCc1cccc(N(C)C)n1)NC1CCN(CC2CCCCC2)CC1. The third kappa shape index (κ3) is 7.18. The van der Waals surface area contributed by atoms with E-state index in [1.165, 1.54) is 64.6 Å². The lowest BCUT2D eigenvalue weighted by Gasteiger charge is -2.36. The minimum atomic E-state index is 0.511. The van der Waals surface area contributed by atoms with E-state index in [4.69, 9.17) is 4.99 Å². The van der Waals surface area contributed by atoms with E-state index in [1.54, 1.807) is 0 Å². The molecule has 1 aromatic heterocycles. The average Bonchev–Trinajstić information content (AvgIpc) is 2.74. The van der Waals surface area contributed by atoms with Crippen molar-refractivity contribution in [3.8, 4) is 0 Å². The number of anilines is 1. The van der Waals surface area contributed by atoms with Crippen LogP contribution in [-0.4, -0.2) is 62.2 Å². The van der Waals surface area contributed by atoms with Gasteiger partial charge in [0.1, 0.15) is 5.82 Å². The molecule has 3 rings (SSSR count). The number of rotatable bonds is 7. The summed E-state index contributed by atoms with van der Waals surface area (Å²) in [5.74, 6) is 2.83. The first-order valence-corrected chi connectivity index (χ1v) is 11.5. The van der Waals surface area contributed by atoms with Crippen molar-refractivity contribution >= 4 is 11.8 Å². The molecule has 0 aromatic carbocycles. The Morgan fingerprint density at radius 2 is 1.90 bits per heavy atom. The Kier molecular flexibility index (Phi) is 8.59. The molecule has 1 saturated carbocycles. The van der Waals surface area contributed by atoms with Crippen LogP contribution in [0.15, 0.2) is 23.2 Å². The minimum absolute atomic E-state index is 0.511. The van der Waals surface area contributed by atoms with Crippen molar-refractivity contribution in [3.63, 3.8) is 0 Å². The van der Waals surface area contributed by atoms with E-state index in [9.17, 15) is 0 Å². The Bertz CT molecular complexity index is 630. The van der Waals surface area contributed by atoms with E-state index in [-0.39, 0.29) is 0 Å². The predicted octanol–water partition coefficient (Wildman–Crippen LogP) is 3.25. The van der Waals surface area contributed by atoms with Crippen LogP contribution in [0, 0.1) is 5.92 Å². The fraction of sp³-hybridized carbons (Fsp3) is 0.739. The van der Waals surface area contributed by atoms with Gasteiger partial charge in [-0.2, -0.15) is 0 Å². The molecule has 1 saturated heterocycles. The quantitative estimate of drug-likeness (QED) is 0.544. The predicted molar refractivity (Wildman–Crippen MR) is 123 cm³/mol. The first kappa shape index (κ1) is 21.9. The Morgan fingerprint density at radius 3 is 2.59 bits per heavy atom. The maximum atomic E-state index is 4.79. The number of hydrogen-bond acceptors (Lipinski definition) is 4.